The highest BCUT2D eigenvalue weighted by molar-refractivity contribution is 7.92. The molecule has 0 bridgehead atoms. The van der Waals surface area contributed by atoms with E-state index in [-0.39, 0.29) is 23.4 Å². The number of rotatable bonds is 4. The van der Waals surface area contributed by atoms with Crippen LogP contribution in [0.25, 0.3) is 0 Å². The van der Waals surface area contributed by atoms with Crippen LogP contribution >= 0.6 is 11.6 Å². The Balaban J connectivity index is 1.68. The number of benzene rings is 2. The van der Waals surface area contributed by atoms with Gasteiger partial charge in [-0.15, -0.1) is 0 Å². The van der Waals surface area contributed by atoms with E-state index in [0.29, 0.717) is 16.5 Å². The van der Waals surface area contributed by atoms with Crippen LogP contribution < -0.4 is 9.04 Å². The summed E-state index contributed by atoms with van der Waals surface area (Å²) >= 11 is 5.91. The third-order valence-corrected chi connectivity index (χ3v) is 7.68. The number of amides is 1. The Hall–Kier alpha value is -2.25. The summed E-state index contributed by atoms with van der Waals surface area (Å²) in [6, 6.07) is 13.1. The molecule has 4 rings (SSSR count). The predicted octanol–water partition coefficient (Wildman–Crippen LogP) is 3.70. The molecule has 0 spiro atoms. The molecule has 1 heterocycles. The summed E-state index contributed by atoms with van der Waals surface area (Å²) < 4.78 is 33.9. The van der Waals surface area contributed by atoms with E-state index in [1.54, 1.807) is 36.2 Å². The lowest BCUT2D eigenvalue weighted by Gasteiger charge is -2.37. The number of carbonyl (C=O) groups is 1. The van der Waals surface area contributed by atoms with Gasteiger partial charge in [-0.05, 0) is 49.2 Å². The second-order valence-corrected chi connectivity index (χ2v) is 9.75. The number of fused-ring (bicyclic) bond motifs is 1. The number of sulfonamides is 1. The van der Waals surface area contributed by atoms with Crippen LogP contribution in [-0.2, 0) is 14.8 Å². The van der Waals surface area contributed by atoms with E-state index in [1.165, 1.54) is 28.6 Å². The maximum atomic E-state index is 13.4. The van der Waals surface area contributed by atoms with E-state index in [4.69, 9.17) is 16.3 Å². The number of ether oxygens (including phenoxy) is 1. The van der Waals surface area contributed by atoms with Crippen molar-refractivity contribution in [3.63, 3.8) is 0 Å². The zero-order chi connectivity index (χ0) is 20.6. The van der Waals surface area contributed by atoms with E-state index in [1.807, 2.05) is 0 Å². The summed E-state index contributed by atoms with van der Waals surface area (Å²) in [7, 11) is -2.10. The summed E-state index contributed by atoms with van der Waals surface area (Å²) in [5.41, 5.74) is 0.426. The van der Waals surface area contributed by atoms with Crippen LogP contribution in [0.15, 0.2) is 53.4 Å². The van der Waals surface area contributed by atoms with Gasteiger partial charge in [0.15, 0.2) is 6.10 Å². The minimum absolute atomic E-state index is 0.0716. The van der Waals surface area contributed by atoms with Crippen LogP contribution in [0, 0.1) is 0 Å². The van der Waals surface area contributed by atoms with Gasteiger partial charge in [-0.25, -0.2) is 8.42 Å². The standard InChI is InChI=1S/C21H23ClN2O4S/c1-23(16-6-2-3-7-16)21(25)20-14-24(18-8-4-5-9-19(18)28-20)29(26,27)17-12-10-15(22)11-13-17/h4-5,8-13,16,20H,2-3,6-7,14H2,1H3/t20-/m0/s1. The molecule has 1 amide bonds. The van der Waals surface area contributed by atoms with Crippen molar-refractivity contribution in [1.82, 2.24) is 4.90 Å². The van der Waals surface area contributed by atoms with Gasteiger partial charge in [-0.3, -0.25) is 9.10 Å². The van der Waals surface area contributed by atoms with E-state index in [9.17, 15) is 13.2 Å². The predicted molar refractivity (Wildman–Crippen MR) is 112 cm³/mol. The second kappa shape index (κ2) is 7.88. The summed E-state index contributed by atoms with van der Waals surface area (Å²) in [6.45, 7) is -0.0716. The van der Waals surface area contributed by atoms with Crippen molar-refractivity contribution in [3.05, 3.63) is 53.6 Å². The van der Waals surface area contributed by atoms with Crippen molar-refractivity contribution >= 4 is 33.2 Å². The van der Waals surface area contributed by atoms with Gasteiger partial charge in [0.05, 0.1) is 17.1 Å². The van der Waals surface area contributed by atoms with Crippen LogP contribution in [0.2, 0.25) is 5.02 Å². The molecule has 2 aromatic carbocycles. The second-order valence-electron chi connectivity index (χ2n) is 7.45. The molecule has 8 heteroatoms. The fraction of sp³-hybridized carbons (Fsp3) is 0.381. The van der Waals surface area contributed by atoms with Gasteiger partial charge in [0.25, 0.3) is 15.9 Å². The first kappa shape index (κ1) is 20.0. The molecular formula is C21H23ClN2O4S. The van der Waals surface area contributed by atoms with Crippen LogP contribution in [-0.4, -0.2) is 45.0 Å². The van der Waals surface area contributed by atoms with Gasteiger partial charge in [0.1, 0.15) is 5.75 Å². The van der Waals surface area contributed by atoms with Gasteiger partial charge in [-0.2, -0.15) is 0 Å². The smallest absolute Gasteiger partial charge is 0.265 e. The van der Waals surface area contributed by atoms with Crippen molar-refractivity contribution in [2.24, 2.45) is 0 Å². The first-order valence-electron chi connectivity index (χ1n) is 9.68. The number of nitrogens with zero attached hydrogens (tertiary/aromatic N) is 2. The van der Waals surface area contributed by atoms with Gasteiger partial charge in [0.2, 0.25) is 0 Å². The molecule has 154 valence electrons. The van der Waals surface area contributed by atoms with E-state index in [2.05, 4.69) is 0 Å². The molecule has 0 unspecified atom stereocenters. The Morgan fingerprint density at radius 2 is 1.76 bits per heavy atom. The molecule has 29 heavy (non-hydrogen) atoms. The molecule has 1 aliphatic carbocycles. The van der Waals surface area contributed by atoms with Crippen molar-refractivity contribution in [2.75, 3.05) is 17.9 Å². The summed E-state index contributed by atoms with van der Waals surface area (Å²) in [4.78, 5) is 15.0. The van der Waals surface area contributed by atoms with Gasteiger partial charge < -0.3 is 9.64 Å². The zero-order valence-corrected chi connectivity index (χ0v) is 17.7. The zero-order valence-electron chi connectivity index (χ0n) is 16.1. The topological polar surface area (TPSA) is 66.9 Å². The van der Waals surface area contributed by atoms with Crippen molar-refractivity contribution in [3.8, 4) is 5.75 Å². The molecular weight excluding hydrogens is 412 g/mol. The monoisotopic (exact) mass is 434 g/mol. The molecule has 1 aliphatic heterocycles. The number of para-hydroxylation sites is 2. The van der Waals surface area contributed by atoms with Gasteiger partial charge in [0, 0.05) is 18.1 Å². The summed E-state index contributed by atoms with van der Waals surface area (Å²) in [5, 5.41) is 0.456. The average molecular weight is 435 g/mol. The maximum absolute atomic E-state index is 13.4. The molecule has 0 radical (unpaired) electrons. The number of anilines is 1. The Kier molecular flexibility index (Phi) is 5.44. The Labute approximate surface area is 176 Å². The maximum Gasteiger partial charge on any atom is 0.265 e. The first-order chi connectivity index (χ1) is 13.9. The van der Waals surface area contributed by atoms with E-state index >= 15 is 0 Å². The SMILES string of the molecule is CN(C(=O)[C@@H]1CN(S(=O)(=O)c2ccc(Cl)cc2)c2ccccc2O1)C1CCCC1. The lowest BCUT2D eigenvalue weighted by molar-refractivity contribution is -0.139. The molecule has 2 aliphatic rings. The Morgan fingerprint density at radius 1 is 1.10 bits per heavy atom. The molecule has 2 aromatic rings. The van der Waals surface area contributed by atoms with Crippen LogP contribution in [0.4, 0.5) is 5.69 Å². The average Bonchev–Trinajstić information content (AvgIpc) is 3.27. The Morgan fingerprint density at radius 3 is 2.45 bits per heavy atom. The van der Waals surface area contributed by atoms with Crippen LogP contribution in [0.5, 0.6) is 5.75 Å². The minimum Gasteiger partial charge on any atom is -0.476 e. The third kappa shape index (κ3) is 3.81. The van der Waals surface area contributed by atoms with Gasteiger partial charge >= 0.3 is 0 Å². The quantitative estimate of drug-likeness (QED) is 0.735. The van der Waals surface area contributed by atoms with Crippen LogP contribution in [0.1, 0.15) is 25.7 Å². The van der Waals surface area contributed by atoms with E-state index in [0.717, 1.165) is 25.7 Å². The number of carbonyl (C=O) groups excluding carboxylic acids is 1. The fourth-order valence-electron chi connectivity index (χ4n) is 3.99. The largest absolute Gasteiger partial charge is 0.476 e. The highest BCUT2D eigenvalue weighted by Crippen LogP contribution is 2.37. The lowest BCUT2D eigenvalue weighted by Crippen LogP contribution is -2.52. The highest BCUT2D eigenvalue weighted by atomic mass is 35.5. The van der Waals surface area contributed by atoms with Crippen LogP contribution in [0.3, 0.4) is 0 Å². The lowest BCUT2D eigenvalue weighted by atomic mass is 10.1. The highest BCUT2D eigenvalue weighted by Gasteiger charge is 2.39. The molecule has 6 nitrogen and oxygen atoms in total. The number of hydrogen-bond donors (Lipinski definition) is 0. The first-order valence-corrected chi connectivity index (χ1v) is 11.5. The minimum atomic E-state index is -3.88. The number of likely N-dealkylation sites (N-methyl/N-ethyl adjacent to an activating group) is 1. The fourth-order valence-corrected chi connectivity index (χ4v) is 5.59. The van der Waals surface area contributed by atoms with Crippen molar-refractivity contribution in [2.45, 2.75) is 42.7 Å². The Bertz CT molecular complexity index is 1000. The molecule has 0 aromatic heterocycles. The van der Waals surface area contributed by atoms with Gasteiger partial charge in [-0.1, -0.05) is 36.6 Å². The normalized spacial score (nSPS) is 19.5. The number of halogens is 1. The molecule has 1 atom stereocenters. The molecule has 1 saturated carbocycles. The van der Waals surface area contributed by atoms with E-state index < -0.39 is 16.1 Å². The third-order valence-electron chi connectivity index (χ3n) is 5.63. The summed E-state index contributed by atoms with van der Waals surface area (Å²) in [5.74, 6) is 0.192. The summed E-state index contributed by atoms with van der Waals surface area (Å²) in [6.07, 6.45) is 3.26. The molecule has 0 saturated heterocycles. The van der Waals surface area contributed by atoms with Crippen molar-refractivity contribution in [1.29, 1.82) is 0 Å². The molecule has 0 N–H and O–H groups in total. The number of hydrogen-bond acceptors (Lipinski definition) is 4. The molecule has 1 fully saturated rings. The van der Waals surface area contributed by atoms with Crippen molar-refractivity contribution < 1.29 is 17.9 Å².